The average molecular weight is 239 g/mol. The van der Waals surface area contributed by atoms with E-state index in [-0.39, 0.29) is 0 Å². The zero-order valence-corrected chi connectivity index (χ0v) is 11.9. The predicted molar refractivity (Wildman–Crippen MR) is 70.3 cm³/mol. The van der Waals surface area contributed by atoms with Crippen molar-refractivity contribution in [2.75, 3.05) is 7.11 Å². The number of hydrogen-bond acceptors (Lipinski definition) is 3. The molecule has 0 spiro atoms. The van der Waals surface area contributed by atoms with Crippen molar-refractivity contribution >= 4 is 0 Å². The Balaban J connectivity index is 2.62. The van der Waals surface area contributed by atoms with Crippen molar-refractivity contribution in [1.82, 2.24) is 15.1 Å². The molecule has 1 heterocycles. The SMILES string of the molecule is COc1c(CNC(C)CC(C)C)c(C)nn1C. The van der Waals surface area contributed by atoms with E-state index in [1.807, 2.05) is 14.0 Å². The molecule has 17 heavy (non-hydrogen) atoms. The molecule has 0 aliphatic rings. The van der Waals surface area contributed by atoms with Crippen molar-refractivity contribution in [3.63, 3.8) is 0 Å². The van der Waals surface area contributed by atoms with Gasteiger partial charge in [0.25, 0.3) is 0 Å². The number of methoxy groups -OCH3 is 1. The topological polar surface area (TPSA) is 39.1 Å². The first-order chi connectivity index (χ1) is 7.95. The Labute approximate surface area is 104 Å². The fraction of sp³-hybridized carbons (Fsp3) is 0.769. The maximum Gasteiger partial charge on any atom is 0.216 e. The molecule has 0 saturated heterocycles. The van der Waals surface area contributed by atoms with E-state index in [9.17, 15) is 0 Å². The van der Waals surface area contributed by atoms with Crippen molar-refractivity contribution in [2.45, 2.75) is 46.7 Å². The van der Waals surface area contributed by atoms with Gasteiger partial charge in [0.15, 0.2) is 0 Å². The smallest absolute Gasteiger partial charge is 0.216 e. The van der Waals surface area contributed by atoms with Gasteiger partial charge in [0.1, 0.15) is 0 Å². The van der Waals surface area contributed by atoms with Gasteiger partial charge in [-0.2, -0.15) is 5.10 Å². The molecule has 1 atom stereocenters. The lowest BCUT2D eigenvalue weighted by molar-refractivity contribution is 0.365. The molecule has 1 unspecified atom stereocenters. The molecule has 0 aliphatic heterocycles. The summed E-state index contributed by atoms with van der Waals surface area (Å²) >= 11 is 0. The Hall–Kier alpha value is -1.03. The van der Waals surface area contributed by atoms with Crippen LogP contribution >= 0.6 is 0 Å². The lowest BCUT2D eigenvalue weighted by Crippen LogP contribution is -2.27. The molecule has 1 aromatic heterocycles. The summed E-state index contributed by atoms with van der Waals surface area (Å²) in [5.74, 6) is 1.57. The summed E-state index contributed by atoms with van der Waals surface area (Å²) in [6, 6.07) is 0.513. The Morgan fingerprint density at radius 3 is 2.53 bits per heavy atom. The molecule has 98 valence electrons. The molecule has 0 amide bonds. The summed E-state index contributed by atoms with van der Waals surface area (Å²) < 4.78 is 7.16. The van der Waals surface area contributed by atoms with Crippen molar-refractivity contribution < 1.29 is 4.74 Å². The van der Waals surface area contributed by atoms with Crippen LogP contribution in [0.4, 0.5) is 0 Å². The third-order valence-electron chi connectivity index (χ3n) is 2.93. The van der Waals surface area contributed by atoms with Gasteiger partial charge in [-0.3, -0.25) is 0 Å². The quantitative estimate of drug-likeness (QED) is 0.827. The van der Waals surface area contributed by atoms with Gasteiger partial charge in [-0.25, -0.2) is 4.68 Å². The van der Waals surface area contributed by atoms with Crippen molar-refractivity contribution in [3.05, 3.63) is 11.3 Å². The largest absolute Gasteiger partial charge is 0.481 e. The van der Waals surface area contributed by atoms with Crippen LogP contribution in [0.1, 0.15) is 38.4 Å². The lowest BCUT2D eigenvalue weighted by Gasteiger charge is -2.16. The first-order valence-electron chi connectivity index (χ1n) is 6.25. The number of aromatic nitrogens is 2. The Morgan fingerprint density at radius 2 is 2.00 bits per heavy atom. The second kappa shape index (κ2) is 6.05. The van der Waals surface area contributed by atoms with Gasteiger partial charge in [-0.1, -0.05) is 13.8 Å². The number of nitrogens with zero attached hydrogens (tertiary/aromatic N) is 2. The fourth-order valence-corrected chi connectivity index (χ4v) is 2.21. The van der Waals surface area contributed by atoms with Gasteiger partial charge in [0, 0.05) is 19.6 Å². The molecule has 4 nitrogen and oxygen atoms in total. The van der Waals surface area contributed by atoms with E-state index < -0.39 is 0 Å². The highest BCUT2D eigenvalue weighted by Crippen LogP contribution is 2.20. The lowest BCUT2D eigenvalue weighted by atomic mass is 10.1. The summed E-state index contributed by atoms with van der Waals surface area (Å²) in [5, 5.41) is 7.90. The van der Waals surface area contributed by atoms with Crippen LogP contribution in [0.2, 0.25) is 0 Å². The molecule has 0 aliphatic carbocycles. The monoisotopic (exact) mass is 239 g/mol. The molecule has 1 rings (SSSR count). The van der Waals surface area contributed by atoms with E-state index in [0.717, 1.165) is 29.6 Å². The van der Waals surface area contributed by atoms with E-state index in [1.54, 1.807) is 11.8 Å². The molecule has 0 aromatic carbocycles. The highest BCUT2D eigenvalue weighted by atomic mass is 16.5. The molecule has 1 N–H and O–H groups in total. The molecule has 0 radical (unpaired) electrons. The van der Waals surface area contributed by atoms with Crippen LogP contribution in [0.3, 0.4) is 0 Å². The van der Waals surface area contributed by atoms with E-state index in [4.69, 9.17) is 4.74 Å². The number of rotatable bonds is 6. The summed E-state index contributed by atoms with van der Waals surface area (Å²) in [7, 11) is 3.60. The van der Waals surface area contributed by atoms with Gasteiger partial charge in [-0.05, 0) is 26.2 Å². The molecular formula is C13H25N3O. The summed E-state index contributed by atoms with van der Waals surface area (Å²) in [6.07, 6.45) is 1.18. The molecular weight excluding hydrogens is 214 g/mol. The Kier molecular flexibility index (Phi) is 5.00. The number of nitrogens with one attached hydrogen (secondary N) is 1. The number of ether oxygens (including phenoxy) is 1. The highest BCUT2D eigenvalue weighted by molar-refractivity contribution is 5.30. The van der Waals surface area contributed by atoms with Crippen LogP contribution in [0.15, 0.2) is 0 Å². The van der Waals surface area contributed by atoms with E-state index in [1.165, 1.54) is 6.42 Å². The minimum atomic E-state index is 0.513. The molecule has 0 bridgehead atoms. The van der Waals surface area contributed by atoms with Crippen LogP contribution < -0.4 is 10.1 Å². The number of aryl methyl sites for hydroxylation is 2. The van der Waals surface area contributed by atoms with Crippen molar-refractivity contribution in [2.24, 2.45) is 13.0 Å². The van der Waals surface area contributed by atoms with Crippen LogP contribution in [-0.4, -0.2) is 22.9 Å². The van der Waals surface area contributed by atoms with Gasteiger partial charge < -0.3 is 10.1 Å². The van der Waals surface area contributed by atoms with Crippen LogP contribution in [0.25, 0.3) is 0 Å². The van der Waals surface area contributed by atoms with Crippen LogP contribution in [-0.2, 0) is 13.6 Å². The third-order valence-corrected chi connectivity index (χ3v) is 2.93. The Bertz CT molecular complexity index is 358. The maximum atomic E-state index is 5.37. The molecule has 0 fully saturated rings. The molecule has 4 heteroatoms. The van der Waals surface area contributed by atoms with Crippen molar-refractivity contribution in [3.8, 4) is 5.88 Å². The average Bonchev–Trinajstić information content (AvgIpc) is 2.48. The van der Waals surface area contributed by atoms with Crippen LogP contribution in [0.5, 0.6) is 5.88 Å². The number of hydrogen-bond donors (Lipinski definition) is 1. The second-order valence-electron chi connectivity index (χ2n) is 5.11. The zero-order valence-electron chi connectivity index (χ0n) is 11.9. The summed E-state index contributed by atoms with van der Waals surface area (Å²) in [5.41, 5.74) is 2.19. The Morgan fingerprint density at radius 1 is 1.35 bits per heavy atom. The minimum absolute atomic E-state index is 0.513. The van der Waals surface area contributed by atoms with E-state index >= 15 is 0 Å². The summed E-state index contributed by atoms with van der Waals surface area (Å²) in [6.45, 7) is 9.55. The van der Waals surface area contributed by atoms with Gasteiger partial charge in [-0.15, -0.1) is 0 Å². The summed E-state index contributed by atoms with van der Waals surface area (Å²) in [4.78, 5) is 0. The zero-order chi connectivity index (χ0) is 13.0. The van der Waals surface area contributed by atoms with Crippen LogP contribution in [0, 0.1) is 12.8 Å². The third kappa shape index (κ3) is 3.73. The first-order valence-corrected chi connectivity index (χ1v) is 6.25. The normalized spacial score (nSPS) is 13.1. The molecule has 0 saturated carbocycles. The van der Waals surface area contributed by atoms with Gasteiger partial charge in [0.2, 0.25) is 5.88 Å². The van der Waals surface area contributed by atoms with Crippen molar-refractivity contribution in [1.29, 1.82) is 0 Å². The van der Waals surface area contributed by atoms with Gasteiger partial charge >= 0.3 is 0 Å². The standard InChI is InChI=1S/C13H25N3O/c1-9(2)7-10(3)14-8-12-11(4)15-16(5)13(12)17-6/h9-10,14H,7-8H2,1-6H3. The molecule has 1 aromatic rings. The first kappa shape index (κ1) is 14.0. The van der Waals surface area contributed by atoms with Gasteiger partial charge in [0.05, 0.1) is 18.4 Å². The van der Waals surface area contributed by atoms with E-state index in [2.05, 4.69) is 31.2 Å². The maximum absolute atomic E-state index is 5.37. The second-order valence-corrected chi connectivity index (χ2v) is 5.11. The van der Waals surface area contributed by atoms with E-state index in [0.29, 0.717) is 6.04 Å². The highest BCUT2D eigenvalue weighted by Gasteiger charge is 2.14. The predicted octanol–water partition coefficient (Wildman–Crippen LogP) is 2.26. The minimum Gasteiger partial charge on any atom is -0.481 e. The fourth-order valence-electron chi connectivity index (χ4n) is 2.21.